The Morgan fingerprint density at radius 3 is 2.75 bits per heavy atom. The molecule has 0 spiro atoms. The van der Waals surface area contributed by atoms with Crippen molar-refractivity contribution in [3.05, 3.63) is 78.4 Å². The average Bonchev–Trinajstić information content (AvgIpc) is 2.92. The minimum Gasteiger partial charge on any atom is -0.497 e. The molecular formula is C32H44N2O2. The molecule has 1 aliphatic heterocycles. The molecule has 2 fully saturated rings. The summed E-state index contributed by atoms with van der Waals surface area (Å²) in [5, 5.41) is 0. The largest absolute Gasteiger partial charge is 0.497 e. The molecule has 1 saturated carbocycles. The third kappa shape index (κ3) is 6.21. The number of fused-ring (bicyclic) bond motifs is 1. The second-order valence-corrected chi connectivity index (χ2v) is 10.9. The quantitative estimate of drug-likeness (QED) is 0.277. The number of hydrogen-bond acceptors (Lipinski definition) is 3. The van der Waals surface area contributed by atoms with Crippen LogP contribution in [0.1, 0.15) is 62.5 Å². The van der Waals surface area contributed by atoms with Crippen molar-refractivity contribution >= 4 is 5.91 Å². The van der Waals surface area contributed by atoms with Crippen molar-refractivity contribution in [3.63, 3.8) is 0 Å². The highest BCUT2D eigenvalue weighted by Gasteiger charge is 2.49. The minimum absolute atomic E-state index is 0.0966. The van der Waals surface area contributed by atoms with Crippen molar-refractivity contribution in [2.75, 3.05) is 33.8 Å². The molecular weight excluding hydrogens is 444 g/mol. The summed E-state index contributed by atoms with van der Waals surface area (Å²) in [4.78, 5) is 17.8. The van der Waals surface area contributed by atoms with E-state index >= 15 is 0 Å². The van der Waals surface area contributed by atoms with Gasteiger partial charge in [-0.2, -0.15) is 0 Å². The maximum absolute atomic E-state index is 13.2. The van der Waals surface area contributed by atoms with Crippen LogP contribution in [-0.2, 0) is 16.6 Å². The van der Waals surface area contributed by atoms with E-state index in [-0.39, 0.29) is 5.41 Å². The van der Waals surface area contributed by atoms with Gasteiger partial charge in [0.05, 0.1) is 7.11 Å². The molecule has 1 aliphatic carbocycles. The molecule has 2 aliphatic rings. The predicted octanol–water partition coefficient (Wildman–Crippen LogP) is 6.25. The van der Waals surface area contributed by atoms with Crippen LogP contribution in [0.15, 0.2) is 67.3 Å². The van der Waals surface area contributed by atoms with E-state index in [0.717, 1.165) is 76.8 Å². The molecule has 0 unspecified atom stereocenters. The molecule has 1 amide bonds. The molecule has 1 saturated heterocycles. The number of aryl methyl sites for hydroxylation is 1. The Bertz CT molecular complexity index is 991. The van der Waals surface area contributed by atoms with E-state index in [4.69, 9.17) is 4.74 Å². The molecule has 0 radical (unpaired) electrons. The number of benzene rings is 2. The van der Waals surface area contributed by atoms with Crippen LogP contribution in [0.25, 0.3) is 0 Å². The van der Waals surface area contributed by atoms with Gasteiger partial charge in [-0.1, -0.05) is 55.0 Å². The fourth-order valence-corrected chi connectivity index (χ4v) is 6.61. The zero-order chi connectivity index (χ0) is 25.4. The lowest BCUT2D eigenvalue weighted by molar-refractivity contribution is -0.134. The number of rotatable bonds is 11. The summed E-state index contributed by atoms with van der Waals surface area (Å²) in [6, 6.07) is 19.6. The van der Waals surface area contributed by atoms with E-state index in [0.29, 0.717) is 24.3 Å². The van der Waals surface area contributed by atoms with Crippen molar-refractivity contribution in [1.29, 1.82) is 0 Å². The normalized spacial score (nSPS) is 24.1. The highest BCUT2D eigenvalue weighted by molar-refractivity contribution is 5.76. The van der Waals surface area contributed by atoms with Crippen LogP contribution in [0.5, 0.6) is 5.75 Å². The summed E-state index contributed by atoms with van der Waals surface area (Å²) in [5.41, 5.74) is 2.87. The van der Waals surface area contributed by atoms with Crippen LogP contribution < -0.4 is 4.74 Å². The molecule has 4 rings (SSSR count). The van der Waals surface area contributed by atoms with Gasteiger partial charge in [0, 0.05) is 38.0 Å². The Kier molecular flexibility index (Phi) is 9.25. The molecule has 0 N–H and O–H groups in total. The van der Waals surface area contributed by atoms with Gasteiger partial charge in [0.25, 0.3) is 0 Å². The Balaban J connectivity index is 1.38. The highest BCUT2D eigenvalue weighted by Crippen LogP contribution is 2.50. The molecule has 4 nitrogen and oxygen atoms in total. The first-order valence-electron chi connectivity index (χ1n) is 13.8. The maximum Gasteiger partial charge on any atom is 0.222 e. The maximum atomic E-state index is 13.2. The van der Waals surface area contributed by atoms with Gasteiger partial charge in [-0.05, 0) is 80.7 Å². The topological polar surface area (TPSA) is 32.8 Å². The fourth-order valence-electron chi connectivity index (χ4n) is 6.61. The molecule has 2 aromatic rings. The van der Waals surface area contributed by atoms with E-state index in [1.165, 1.54) is 11.1 Å². The van der Waals surface area contributed by atoms with Gasteiger partial charge < -0.3 is 9.64 Å². The van der Waals surface area contributed by atoms with E-state index in [1.54, 1.807) is 7.11 Å². The molecule has 194 valence electrons. The number of piperidine rings is 1. The van der Waals surface area contributed by atoms with E-state index in [9.17, 15) is 4.79 Å². The van der Waals surface area contributed by atoms with Gasteiger partial charge >= 0.3 is 0 Å². The first-order chi connectivity index (χ1) is 17.6. The van der Waals surface area contributed by atoms with E-state index in [2.05, 4.69) is 64.9 Å². The number of likely N-dealkylation sites (tertiary alicyclic amines) is 1. The van der Waals surface area contributed by atoms with Gasteiger partial charge in [-0.3, -0.25) is 9.69 Å². The number of nitrogens with zero attached hydrogens (tertiary/aromatic N) is 2. The minimum atomic E-state index is 0.0966. The van der Waals surface area contributed by atoms with Crippen molar-refractivity contribution in [2.45, 2.75) is 69.2 Å². The first kappa shape index (κ1) is 26.5. The Morgan fingerprint density at radius 2 is 1.97 bits per heavy atom. The number of carbonyl (C=O) groups excluding carboxylic acids is 1. The standard InChI is InChI=1S/C32H44N2O2/c1-4-21-34-22-20-32(27-15-11-16-30(23-27)36-3)24-29(19-18-28(32)25-34)33(2)31(35)17-10-6-9-14-26-12-7-5-8-13-26/h4-5,7-8,11-13,15-16,23,28-29H,1,6,9-10,14,17-22,24-25H2,2-3H3/t28-,29-,32+/m1/s1. The molecule has 2 aromatic carbocycles. The molecule has 0 bridgehead atoms. The number of amides is 1. The number of ether oxygens (including phenoxy) is 1. The van der Waals surface area contributed by atoms with Crippen LogP contribution >= 0.6 is 0 Å². The van der Waals surface area contributed by atoms with Gasteiger partial charge in [0.2, 0.25) is 5.91 Å². The van der Waals surface area contributed by atoms with Crippen LogP contribution in [0.3, 0.4) is 0 Å². The molecule has 36 heavy (non-hydrogen) atoms. The fraction of sp³-hybridized carbons (Fsp3) is 0.531. The Morgan fingerprint density at radius 1 is 1.14 bits per heavy atom. The first-order valence-corrected chi connectivity index (χ1v) is 13.8. The third-order valence-electron chi connectivity index (χ3n) is 8.75. The average molecular weight is 489 g/mol. The summed E-state index contributed by atoms with van der Waals surface area (Å²) >= 11 is 0. The second kappa shape index (κ2) is 12.6. The van der Waals surface area contributed by atoms with Crippen LogP contribution in [0.4, 0.5) is 0 Å². The Hall–Kier alpha value is -2.59. The zero-order valence-corrected chi connectivity index (χ0v) is 22.3. The summed E-state index contributed by atoms with van der Waals surface area (Å²) in [7, 11) is 3.79. The van der Waals surface area contributed by atoms with Gasteiger partial charge in [-0.25, -0.2) is 0 Å². The van der Waals surface area contributed by atoms with E-state index in [1.807, 2.05) is 19.2 Å². The lowest BCUT2D eigenvalue weighted by Gasteiger charge is -2.54. The number of carbonyl (C=O) groups is 1. The molecule has 3 atom stereocenters. The predicted molar refractivity (Wildman–Crippen MR) is 148 cm³/mol. The van der Waals surface area contributed by atoms with E-state index < -0.39 is 0 Å². The van der Waals surface area contributed by atoms with Crippen LogP contribution in [-0.4, -0.2) is 55.5 Å². The summed E-state index contributed by atoms with van der Waals surface area (Å²) < 4.78 is 5.60. The Labute approximate surface area is 218 Å². The number of unbranched alkanes of at least 4 members (excludes halogenated alkanes) is 2. The highest BCUT2D eigenvalue weighted by atomic mass is 16.5. The molecule has 4 heteroatoms. The molecule has 1 heterocycles. The van der Waals surface area contributed by atoms with Crippen molar-refractivity contribution in [3.8, 4) is 5.75 Å². The van der Waals surface area contributed by atoms with Gasteiger partial charge in [0.15, 0.2) is 0 Å². The summed E-state index contributed by atoms with van der Waals surface area (Å²) in [5.74, 6) is 1.83. The second-order valence-electron chi connectivity index (χ2n) is 10.9. The van der Waals surface area contributed by atoms with Gasteiger partial charge in [0.1, 0.15) is 5.75 Å². The van der Waals surface area contributed by atoms with Crippen molar-refractivity contribution < 1.29 is 9.53 Å². The SMILES string of the molecule is C=CCN1CC[C@@]2(c3cccc(OC)c3)C[C@H](N(C)C(=O)CCCCCc3ccccc3)CC[C@@H]2C1. The lowest BCUT2D eigenvalue weighted by Crippen LogP contribution is -2.56. The molecule has 0 aromatic heterocycles. The summed E-state index contributed by atoms with van der Waals surface area (Å²) in [6.45, 7) is 7.10. The monoisotopic (exact) mass is 488 g/mol. The van der Waals surface area contributed by atoms with Crippen molar-refractivity contribution in [2.24, 2.45) is 5.92 Å². The van der Waals surface area contributed by atoms with Gasteiger partial charge in [-0.15, -0.1) is 6.58 Å². The third-order valence-corrected chi connectivity index (χ3v) is 8.75. The number of methoxy groups -OCH3 is 1. The smallest absolute Gasteiger partial charge is 0.222 e. The van der Waals surface area contributed by atoms with Crippen LogP contribution in [0.2, 0.25) is 0 Å². The summed E-state index contributed by atoms with van der Waals surface area (Å²) in [6.07, 6.45) is 11.4. The zero-order valence-electron chi connectivity index (χ0n) is 22.3. The number of hydrogen-bond donors (Lipinski definition) is 0. The lowest BCUT2D eigenvalue weighted by atomic mass is 9.57. The van der Waals surface area contributed by atoms with Crippen molar-refractivity contribution in [1.82, 2.24) is 9.80 Å². The van der Waals surface area contributed by atoms with Crippen LogP contribution in [0, 0.1) is 5.92 Å².